The molecule has 0 bridgehead atoms. The molecule has 0 unspecified atom stereocenters. The summed E-state index contributed by atoms with van der Waals surface area (Å²) in [5.41, 5.74) is 13.5. The Morgan fingerprint density at radius 1 is 0.930 bits per heavy atom. The molecule has 2 aromatic heterocycles. The van der Waals surface area contributed by atoms with Crippen LogP contribution < -0.4 is 21.8 Å². The fourth-order valence-corrected chi connectivity index (χ4v) is 4.32. The molecule has 0 aliphatic heterocycles. The summed E-state index contributed by atoms with van der Waals surface area (Å²) >= 11 is 0. The van der Waals surface area contributed by atoms with Crippen LogP contribution in [-0.2, 0) is 4.74 Å². The third kappa shape index (κ3) is 6.65. The average Bonchev–Trinajstić information content (AvgIpc) is 3.42. The van der Waals surface area contributed by atoms with E-state index in [9.17, 15) is 4.79 Å². The number of hydrogen-bond donors (Lipinski definition) is 5. The largest absolute Gasteiger partial charge is 0.480 e. The van der Waals surface area contributed by atoms with Gasteiger partial charge in [-0.1, -0.05) is 66.7 Å². The van der Waals surface area contributed by atoms with E-state index >= 15 is 0 Å². The molecule has 5 rings (SSSR count). The van der Waals surface area contributed by atoms with E-state index < -0.39 is 5.91 Å². The zero-order valence-corrected chi connectivity index (χ0v) is 23.6. The van der Waals surface area contributed by atoms with E-state index in [0.29, 0.717) is 29.7 Å². The molecule has 12 nitrogen and oxygen atoms in total. The highest BCUT2D eigenvalue weighted by atomic mass is 16.5. The van der Waals surface area contributed by atoms with E-state index in [4.69, 9.17) is 15.9 Å². The molecule has 6 N–H and O–H groups in total. The lowest BCUT2D eigenvalue weighted by molar-refractivity contribution is 0.0954. The van der Waals surface area contributed by atoms with Crippen molar-refractivity contribution in [1.29, 1.82) is 5.41 Å². The average molecular weight is 575 g/mol. The van der Waals surface area contributed by atoms with Crippen molar-refractivity contribution in [3.05, 3.63) is 103 Å². The van der Waals surface area contributed by atoms with Gasteiger partial charge < -0.3 is 21.1 Å². The maximum absolute atomic E-state index is 12.7. The van der Waals surface area contributed by atoms with Crippen molar-refractivity contribution >= 4 is 35.1 Å². The van der Waals surface area contributed by atoms with Gasteiger partial charge in [-0.25, -0.2) is 10.1 Å². The van der Waals surface area contributed by atoms with Crippen LogP contribution in [0.2, 0.25) is 0 Å². The second kappa shape index (κ2) is 13.1. The van der Waals surface area contributed by atoms with Crippen LogP contribution in [0.1, 0.15) is 24.2 Å². The molecule has 0 saturated carbocycles. The quantitative estimate of drug-likeness (QED) is 0.0964. The van der Waals surface area contributed by atoms with Crippen LogP contribution in [0.25, 0.3) is 28.1 Å². The molecular formula is C31H30N10O2. The summed E-state index contributed by atoms with van der Waals surface area (Å²) < 4.78 is 6.74. The number of carbonyl (C=O) groups is 1. The zero-order valence-electron chi connectivity index (χ0n) is 23.6. The second-order valence-electron chi connectivity index (χ2n) is 9.22. The number of nitrogens with one attached hydrogen (secondary N) is 4. The molecule has 2 heterocycles. The molecule has 0 fully saturated rings. The van der Waals surface area contributed by atoms with Crippen molar-refractivity contribution in [3.63, 3.8) is 0 Å². The highest BCUT2D eigenvalue weighted by Crippen LogP contribution is 2.34. The molecule has 0 saturated heterocycles. The Bertz CT molecular complexity index is 1770. The van der Waals surface area contributed by atoms with Gasteiger partial charge in [-0.3, -0.25) is 10.2 Å². The molecule has 216 valence electrons. The number of nitrogens with zero attached hydrogens (tertiary/aromatic N) is 5. The molecule has 0 spiro atoms. The van der Waals surface area contributed by atoms with E-state index in [1.165, 1.54) is 10.9 Å². The molecule has 0 aliphatic carbocycles. The smallest absolute Gasteiger partial charge is 0.276 e. The minimum atomic E-state index is -0.512. The topological polar surface area (TPSA) is 168 Å². The normalized spacial score (nSPS) is 11.1. The minimum Gasteiger partial charge on any atom is -0.480 e. The fourth-order valence-electron chi connectivity index (χ4n) is 4.32. The van der Waals surface area contributed by atoms with Gasteiger partial charge in [0.2, 0.25) is 5.90 Å². The monoisotopic (exact) mass is 574 g/mol. The summed E-state index contributed by atoms with van der Waals surface area (Å²) in [5, 5.41) is 31.4. The van der Waals surface area contributed by atoms with Crippen molar-refractivity contribution in [2.75, 3.05) is 23.0 Å². The van der Waals surface area contributed by atoms with Crippen molar-refractivity contribution in [2.24, 2.45) is 5.10 Å². The molecule has 0 atom stereocenters. The second-order valence-corrected chi connectivity index (χ2v) is 9.22. The molecule has 3 aromatic carbocycles. The van der Waals surface area contributed by atoms with Crippen molar-refractivity contribution < 1.29 is 9.53 Å². The van der Waals surface area contributed by atoms with E-state index in [-0.39, 0.29) is 17.3 Å². The number of rotatable bonds is 8. The Kier molecular flexibility index (Phi) is 8.67. The van der Waals surface area contributed by atoms with Crippen LogP contribution in [0.4, 0.5) is 17.3 Å². The molecule has 12 heteroatoms. The van der Waals surface area contributed by atoms with Gasteiger partial charge in [-0.2, -0.15) is 5.10 Å². The lowest BCUT2D eigenvalue weighted by Crippen LogP contribution is -2.22. The summed E-state index contributed by atoms with van der Waals surface area (Å²) in [6, 6.07) is 28.4. The van der Waals surface area contributed by atoms with Gasteiger partial charge in [0.15, 0.2) is 11.8 Å². The van der Waals surface area contributed by atoms with Gasteiger partial charge in [-0.15, -0.1) is 15.3 Å². The SMILES string of the molecule is CCOC(C)=NNC(=O)c1cnn(-c2ccccc2-c2ccccc2NC(=N)Nc2ccc(-c3ccccc3)nn2)c1N. The maximum atomic E-state index is 12.7. The van der Waals surface area contributed by atoms with Gasteiger partial charge in [0.05, 0.1) is 24.2 Å². The standard InChI is InChI=1S/C31H30N10O2/c1-3-43-20(2)37-40-30(42)24-19-34-41(29(24)32)27-16-10-8-14-23(27)22-13-7-9-15-26(22)35-31(33)36-28-18-17-25(38-39-28)21-11-5-4-6-12-21/h4-19H,3,32H2,1-2H3,(H,40,42)(H3,33,35,36,39). The first kappa shape index (κ1) is 28.5. The summed E-state index contributed by atoms with van der Waals surface area (Å²) in [6.45, 7) is 3.90. The maximum Gasteiger partial charge on any atom is 0.276 e. The third-order valence-corrected chi connectivity index (χ3v) is 6.32. The zero-order chi connectivity index (χ0) is 30.2. The van der Waals surface area contributed by atoms with Crippen LogP contribution in [0, 0.1) is 5.41 Å². The Hall–Kier alpha value is -6.04. The molecule has 0 aliphatic rings. The lowest BCUT2D eigenvalue weighted by Gasteiger charge is -2.17. The van der Waals surface area contributed by atoms with Crippen molar-refractivity contribution in [3.8, 4) is 28.1 Å². The van der Waals surface area contributed by atoms with Gasteiger partial charge in [0.1, 0.15) is 11.4 Å². The number of hydrazone groups is 1. The van der Waals surface area contributed by atoms with Crippen molar-refractivity contribution in [1.82, 2.24) is 25.4 Å². The number of benzene rings is 3. The molecule has 0 radical (unpaired) electrons. The van der Waals surface area contributed by atoms with E-state index in [1.807, 2.05) is 91.9 Å². The van der Waals surface area contributed by atoms with Gasteiger partial charge in [0, 0.05) is 29.3 Å². The van der Waals surface area contributed by atoms with Crippen LogP contribution in [0.15, 0.2) is 102 Å². The fraction of sp³-hybridized carbons (Fsp3) is 0.0968. The lowest BCUT2D eigenvalue weighted by atomic mass is 10.0. The highest BCUT2D eigenvalue weighted by Gasteiger charge is 2.19. The van der Waals surface area contributed by atoms with Crippen LogP contribution >= 0.6 is 0 Å². The number of nitrogen functional groups attached to an aromatic ring is 1. The van der Waals surface area contributed by atoms with Crippen LogP contribution in [0.5, 0.6) is 0 Å². The molecule has 1 amide bonds. The summed E-state index contributed by atoms with van der Waals surface area (Å²) in [7, 11) is 0. The molecule has 5 aromatic rings. The number of hydrogen-bond acceptors (Lipinski definition) is 8. The number of amides is 1. The summed E-state index contributed by atoms with van der Waals surface area (Å²) in [5.74, 6) is 0.388. The Balaban J connectivity index is 1.36. The Morgan fingerprint density at radius 2 is 1.65 bits per heavy atom. The molecule has 43 heavy (non-hydrogen) atoms. The highest BCUT2D eigenvalue weighted by molar-refractivity contribution is 6.04. The number of aromatic nitrogens is 4. The first-order valence-electron chi connectivity index (χ1n) is 13.5. The van der Waals surface area contributed by atoms with Gasteiger partial charge in [-0.05, 0) is 31.2 Å². The number of ether oxygens (including phenoxy) is 1. The summed E-state index contributed by atoms with van der Waals surface area (Å²) in [6.07, 6.45) is 1.39. The third-order valence-electron chi connectivity index (χ3n) is 6.32. The number of guanidine groups is 1. The first-order valence-corrected chi connectivity index (χ1v) is 13.5. The predicted octanol–water partition coefficient (Wildman–Crippen LogP) is 5.14. The Morgan fingerprint density at radius 3 is 2.40 bits per heavy atom. The number of anilines is 3. The van der Waals surface area contributed by atoms with Crippen LogP contribution in [0.3, 0.4) is 0 Å². The molecular weight excluding hydrogens is 544 g/mol. The van der Waals surface area contributed by atoms with E-state index in [2.05, 4.69) is 36.5 Å². The van der Waals surface area contributed by atoms with E-state index in [1.54, 1.807) is 13.0 Å². The Labute approximate surface area is 248 Å². The van der Waals surface area contributed by atoms with Gasteiger partial charge in [0.25, 0.3) is 5.91 Å². The van der Waals surface area contributed by atoms with Crippen LogP contribution in [-0.4, -0.2) is 44.3 Å². The van der Waals surface area contributed by atoms with Crippen molar-refractivity contribution in [2.45, 2.75) is 13.8 Å². The van der Waals surface area contributed by atoms with E-state index in [0.717, 1.165) is 22.4 Å². The first-order chi connectivity index (χ1) is 20.9. The number of carbonyl (C=O) groups excluding carboxylic acids is 1. The number of para-hydroxylation sites is 2. The van der Waals surface area contributed by atoms with Gasteiger partial charge >= 0.3 is 0 Å². The number of nitrogens with two attached hydrogens (primary N) is 1. The predicted molar refractivity (Wildman–Crippen MR) is 168 cm³/mol. The summed E-state index contributed by atoms with van der Waals surface area (Å²) in [4.78, 5) is 12.7. The minimum absolute atomic E-state index is 0.00662.